The molecular formula is C12H21NO4. The number of unbranched alkanes of at least 4 members (excludes halogenated alkanes) is 2. The molecule has 0 bridgehead atoms. The number of nitrogens with zero attached hydrogens (tertiary/aromatic N) is 1. The van der Waals surface area contributed by atoms with Gasteiger partial charge in [-0.05, 0) is 25.7 Å². The zero-order valence-corrected chi connectivity index (χ0v) is 10.4. The van der Waals surface area contributed by atoms with E-state index in [9.17, 15) is 9.59 Å². The smallest absolute Gasteiger partial charge is 0.326 e. The summed E-state index contributed by atoms with van der Waals surface area (Å²) in [6.07, 6.45) is 4.55. The number of hydrogen-bond donors (Lipinski definition) is 1. The average molecular weight is 243 g/mol. The van der Waals surface area contributed by atoms with Gasteiger partial charge in [0, 0.05) is 26.7 Å². The molecule has 1 heterocycles. The molecule has 98 valence electrons. The summed E-state index contributed by atoms with van der Waals surface area (Å²) in [6.45, 7) is 1.31. The van der Waals surface area contributed by atoms with Crippen LogP contribution in [0.4, 0.5) is 0 Å². The fraction of sp³-hybridized carbons (Fsp3) is 0.833. The van der Waals surface area contributed by atoms with Crippen LogP contribution in [0.2, 0.25) is 0 Å². The van der Waals surface area contributed by atoms with Gasteiger partial charge in [0.15, 0.2) is 0 Å². The lowest BCUT2D eigenvalue weighted by Crippen LogP contribution is -2.40. The number of likely N-dealkylation sites (tertiary alicyclic amines) is 1. The molecule has 0 aromatic heterocycles. The molecule has 1 aliphatic heterocycles. The van der Waals surface area contributed by atoms with Gasteiger partial charge in [-0.15, -0.1) is 0 Å². The first-order chi connectivity index (χ1) is 8.16. The molecule has 0 spiro atoms. The summed E-state index contributed by atoms with van der Waals surface area (Å²) in [5.74, 6) is -0.900. The molecule has 0 aliphatic carbocycles. The molecular weight excluding hydrogens is 222 g/mol. The highest BCUT2D eigenvalue weighted by Crippen LogP contribution is 2.19. The summed E-state index contributed by atoms with van der Waals surface area (Å²) in [5.41, 5.74) is 0. The number of hydrogen-bond acceptors (Lipinski definition) is 3. The number of rotatable bonds is 7. The van der Waals surface area contributed by atoms with E-state index in [2.05, 4.69) is 0 Å². The number of carboxylic acids is 1. The van der Waals surface area contributed by atoms with Crippen LogP contribution in [-0.4, -0.2) is 48.2 Å². The zero-order chi connectivity index (χ0) is 12.7. The maximum atomic E-state index is 11.8. The predicted octanol–water partition coefficient (Wildman–Crippen LogP) is 1.27. The standard InChI is InChI=1S/C12H21NO4/c1-17-9-4-2-3-7-11(14)13-8-5-6-10(13)12(15)16/h10H,2-9H2,1H3,(H,15,16)/t10-/m1/s1. The topological polar surface area (TPSA) is 66.8 Å². The summed E-state index contributed by atoms with van der Waals surface area (Å²) < 4.78 is 4.92. The molecule has 5 nitrogen and oxygen atoms in total. The maximum absolute atomic E-state index is 11.8. The number of carboxylic acid groups (broad SMARTS) is 1. The van der Waals surface area contributed by atoms with Gasteiger partial charge in [-0.2, -0.15) is 0 Å². The largest absolute Gasteiger partial charge is 0.480 e. The number of methoxy groups -OCH3 is 1. The van der Waals surface area contributed by atoms with Gasteiger partial charge in [-0.25, -0.2) is 4.79 Å². The van der Waals surface area contributed by atoms with Crippen LogP contribution in [0.15, 0.2) is 0 Å². The van der Waals surface area contributed by atoms with Crippen molar-refractivity contribution >= 4 is 11.9 Å². The number of ether oxygens (including phenoxy) is 1. The lowest BCUT2D eigenvalue weighted by Gasteiger charge is -2.21. The number of aliphatic carboxylic acids is 1. The number of amides is 1. The number of carbonyl (C=O) groups excluding carboxylic acids is 1. The van der Waals surface area contributed by atoms with Crippen molar-refractivity contribution in [2.45, 2.75) is 44.6 Å². The second-order valence-corrected chi connectivity index (χ2v) is 4.39. The molecule has 0 aromatic carbocycles. The molecule has 1 aliphatic rings. The van der Waals surface area contributed by atoms with E-state index in [-0.39, 0.29) is 5.91 Å². The zero-order valence-electron chi connectivity index (χ0n) is 10.4. The average Bonchev–Trinajstić information content (AvgIpc) is 2.77. The second kappa shape index (κ2) is 7.27. The molecule has 17 heavy (non-hydrogen) atoms. The molecule has 5 heteroatoms. The third-order valence-corrected chi connectivity index (χ3v) is 3.10. The van der Waals surface area contributed by atoms with E-state index >= 15 is 0 Å². The summed E-state index contributed by atoms with van der Waals surface area (Å²) in [5, 5.41) is 8.96. The first-order valence-corrected chi connectivity index (χ1v) is 6.18. The minimum atomic E-state index is -0.879. The second-order valence-electron chi connectivity index (χ2n) is 4.39. The normalized spacial score (nSPS) is 19.6. The maximum Gasteiger partial charge on any atom is 0.326 e. The fourth-order valence-corrected chi connectivity index (χ4v) is 2.16. The Kier molecular flexibility index (Phi) is 5.97. The summed E-state index contributed by atoms with van der Waals surface area (Å²) >= 11 is 0. The van der Waals surface area contributed by atoms with E-state index in [0.717, 1.165) is 32.3 Å². The molecule has 1 amide bonds. The third kappa shape index (κ3) is 4.34. The van der Waals surface area contributed by atoms with Crippen LogP contribution in [0, 0.1) is 0 Å². The van der Waals surface area contributed by atoms with Crippen LogP contribution >= 0.6 is 0 Å². The van der Waals surface area contributed by atoms with Crippen LogP contribution in [0.5, 0.6) is 0 Å². The van der Waals surface area contributed by atoms with Crippen molar-refractivity contribution in [3.63, 3.8) is 0 Å². The third-order valence-electron chi connectivity index (χ3n) is 3.10. The fourth-order valence-electron chi connectivity index (χ4n) is 2.16. The summed E-state index contributed by atoms with van der Waals surface area (Å²) in [4.78, 5) is 24.3. The van der Waals surface area contributed by atoms with Gasteiger partial charge in [-0.3, -0.25) is 4.79 Å². The van der Waals surface area contributed by atoms with Gasteiger partial charge < -0.3 is 14.7 Å². The Bertz CT molecular complexity index is 267. The lowest BCUT2D eigenvalue weighted by molar-refractivity contribution is -0.148. The highest BCUT2D eigenvalue weighted by molar-refractivity contribution is 5.84. The lowest BCUT2D eigenvalue weighted by atomic mass is 10.1. The summed E-state index contributed by atoms with van der Waals surface area (Å²) in [7, 11) is 1.66. The first kappa shape index (κ1) is 14.0. The van der Waals surface area contributed by atoms with Crippen molar-refractivity contribution < 1.29 is 19.4 Å². The quantitative estimate of drug-likeness (QED) is 0.684. The van der Waals surface area contributed by atoms with Gasteiger partial charge in [-0.1, -0.05) is 6.42 Å². The minimum absolute atomic E-state index is 0.0210. The van der Waals surface area contributed by atoms with Crippen LogP contribution in [0.25, 0.3) is 0 Å². The molecule has 0 unspecified atom stereocenters. The van der Waals surface area contributed by atoms with E-state index < -0.39 is 12.0 Å². The van der Waals surface area contributed by atoms with Gasteiger partial charge in [0.05, 0.1) is 0 Å². The van der Waals surface area contributed by atoms with E-state index in [1.807, 2.05) is 0 Å². The van der Waals surface area contributed by atoms with Crippen molar-refractivity contribution in [2.24, 2.45) is 0 Å². The Morgan fingerprint density at radius 1 is 1.35 bits per heavy atom. The van der Waals surface area contributed by atoms with Crippen molar-refractivity contribution in [1.82, 2.24) is 4.90 Å². The summed E-state index contributed by atoms with van der Waals surface area (Å²) in [6, 6.07) is -0.596. The highest BCUT2D eigenvalue weighted by Gasteiger charge is 2.33. The van der Waals surface area contributed by atoms with E-state index in [4.69, 9.17) is 9.84 Å². The van der Waals surface area contributed by atoms with Crippen molar-refractivity contribution in [3.05, 3.63) is 0 Å². The van der Waals surface area contributed by atoms with Gasteiger partial charge in [0.2, 0.25) is 5.91 Å². The number of carbonyl (C=O) groups is 2. The van der Waals surface area contributed by atoms with E-state index in [1.165, 1.54) is 4.90 Å². The Morgan fingerprint density at radius 3 is 2.76 bits per heavy atom. The van der Waals surface area contributed by atoms with Crippen LogP contribution in [-0.2, 0) is 14.3 Å². The molecule has 1 fully saturated rings. The molecule has 1 saturated heterocycles. The van der Waals surface area contributed by atoms with E-state index in [1.54, 1.807) is 7.11 Å². The van der Waals surface area contributed by atoms with Gasteiger partial charge in [0.25, 0.3) is 0 Å². The Hall–Kier alpha value is -1.10. The van der Waals surface area contributed by atoms with E-state index in [0.29, 0.717) is 19.4 Å². The SMILES string of the molecule is COCCCCCC(=O)N1CCC[C@@H]1C(=O)O. The molecule has 1 rings (SSSR count). The predicted molar refractivity (Wildman–Crippen MR) is 62.7 cm³/mol. The van der Waals surface area contributed by atoms with Crippen molar-refractivity contribution in [3.8, 4) is 0 Å². The Balaban J connectivity index is 2.25. The molecule has 0 saturated carbocycles. The van der Waals surface area contributed by atoms with Crippen LogP contribution < -0.4 is 0 Å². The van der Waals surface area contributed by atoms with Crippen molar-refractivity contribution in [1.29, 1.82) is 0 Å². The Labute approximate surface area is 102 Å². The van der Waals surface area contributed by atoms with Crippen LogP contribution in [0.3, 0.4) is 0 Å². The monoisotopic (exact) mass is 243 g/mol. The highest BCUT2D eigenvalue weighted by atomic mass is 16.5. The van der Waals surface area contributed by atoms with Crippen LogP contribution in [0.1, 0.15) is 38.5 Å². The molecule has 1 N–H and O–H groups in total. The first-order valence-electron chi connectivity index (χ1n) is 6.18. The van der Waals surface area contributed by atoms with Gasteiger partial charge in [0.1, 0.15) is 6.04 Å². The molecule has 1 atom stereocenters. The Morgan fingerprint density at radius 2 is 2.12 bits per heavy atom. The molecule has 0 radical (unpaired) electrons. The molecule has 0 aromatic rings. The minimum Gasteiger partial charge on any atom is -0.480 e. The van der Waals surface area contributed by atoms with Gasteiger partial charge >= 0.3 is 5.97 Å². The van der Waals surface area contributed by atoms with Crippen molar-refractivity contribution in [2.75, 3.05) is 20.3 Å².